The molecule has 70 valence electrons. The second-order valence-electron chi connectivity index (χ2n) is 3.37. The van der Waals surface area contributed by atoms with E-state index >= 15 is 0 Å². The molecule has 2 heteroatoms. The molecule has 2 heterocycles. The molecule has 0 N–H and O–H groups in total. The highest BCUT2D eigenvalue weighted by atomic mass is 14.7. The molecule has 2 aromatic heterocycles. The van der Waals surface area contributed by atoms with Crippen LogP contribution in [-0.2, 0) is 6.42 Å². The third kappa shape index (κ3) is 2.16. The fourth-order valence-electron chi connectivity index (χ4n) is 1.43. The van der Waals surface area contributed by atoms with E-state index in [-0.39, 0.29) is 0 Å². The van der Waals surface area contributed by atoms with Gasteiger partial charge in [-0.05, 0) is 30.2 Å². The van der Waals surface area contributed by atoms with Crippen molar-refractivity contribution in [1.82, 2.24) is 9.97 Å². The maximum absolute atomic E-state index is 4.28. The summed E-state index contributed by atoms with van der Waals surface area (Å²) in [5.41, 5.74) is 3.49. The van der Waals surface area contributed by atoms with Crippen molar-refractivity contribution < 1.29 is 0 Å². The number of hydrogen-bond acceptors (Lipinski definition) is 2. The van der Waals surface area contributed by atoms with Gasteiger partial charge in [-0.25, -0.2) is 0 Å². The summed E-state index contributed by atoms with van der Waals surface area (Å²) < 4.78 is 0. The van der Waals surface area contributed by atoms with Crippen molar-refractivity contribution in [3.8, 4) is 0 Å². The molecule has 0 unspecified atom stereocenters. The zero-order valence-corrected chi connectivity index (χ0v) is 8.14. The SMILES string of the molecule is Cc1cncc(Cc2ccccn2)c1. The number of aromatic nitrogens is 2. The van der Waals surface area contributed by atoms with E-state index in [1.807, 2.05) is 36.8 Å². The van der Waals surface area contributed by atoms with Crippen LogP contribution in [-0.4, -0.2) is 9.97 Å². The summed E-state index contributed by atoms with van der Waals surface area (Å²) in [4.78, 5) is 8.43. The van der Waals surface area contributed by atoms with Crippen LogP contribution in [0, 0.1) is 6.92 Å². The average Bonchev–Trinajstić information content (AvgIpc) is 2.19. The van der Waals surface area contributed by atoms with Crippen LogP contribution in [0.5, 0.6) is 0 Å². The fraction of sp³-hybridized carbons (Fsp3) is 0.167. The number of rotatable bonds is 2. The lowest BCUT2D eigenvalue weighted by Crippen LogP contribution is -1.92. The molecule has 0 bridgehead atoms. The van der Waals surface area contributed by atoms with Gasteiger partial charge in [0.15, 0.2) is 0 Å². The zero-order chi connectivity index (χ0) is 9.80. The van der Waals surface area contributed by atoms with E-state index < -0.39 is 0 Å². The lowest BCUT2D eigenvalue weighted by atomic mass is 10.1. The third-order valence-corrected chi connectivity index (χ3v) is 2.04. The lowest BCUT2D eigenvalue weighted by molar-refractivity contribution is 1.05. The second kappa shape index (κ2) is 4.01. The molecule has 0 aliphatic heterocycles. The minimum Gasteiger partial charge on any atom is -0.264 e. The molecular weight excluding hydrogens is 172 g/mol. The van der Waals surface area contributed by atoms with Gasteiger partial charge < -0.3 is 0 Å². The summed E-state index contributed by atoms with van der Waals surface area (Å²) in [5.74, 6) is 0. The van der Waals surface area contributed by atoms with E-state index in [1.54, 1.807) is 0 Å². The summed E-state index contributed by atoms with van der Waals surface area (Å²) in [5, 5.41) is 0. The van der Waals surface area contributed by atoms with Crippen LogP contribution in [0.1, 0.15) is 16.8 Å². The number of pyridine rings is 2. The fourth-order valence-corrected chi connectivity index (χ4v) is 1.43. The summed E-state index contributed by atoms with van der Waals surface area (Å²) >= 11 is 0. The van der Waals surface area contributed by atoms with Crippen LogP contribution in [0.15, 0.2) is 42.9 Å². The highest BCUT2D eigenvalue weighted by Crippen LogP contribution is 2.06. The highest BCUT2D eigenvalue weighted by Gasteiger charge is 1.96. The smallest absolute Gasteiger partial charge is 0.0447 e. The van der Waals surface area contributed by atoms with Gasteiger partial charge in [0.25, 0.3) is 0 Å². The topological polar surface area (TPSA) is 25.8 Å². The molecule has 0 fully saturated rings. The van der Waals surface area contributed by atoms with Crippen molar-refractivity contribution in [2.45, 2.75) is 13.3 Å². The molecule has 0 aliphatic carbocycles. The predicted octanol–water partition coefficient (Wildman–Crippen LogP) is 2.38. The Balaban J connectivity index is 2.19. The third-order valence-electron chi connectivity index (χ3n) is 2.04. The quantitative estimate of drug-likeness (QED) is 0.716. The first-order valence-electron chi connectivity index (χ1n) is 4.65. The predicted molar refractivity (Wildman–Crippen MR) is 56.0 cm³/mol. The number of hydrogen-bond donors (Lipinski definition) is 0. The van der Waals surface area contributed by atoms with Crippen molar-refractivity contribution in [2.75, 3.05) is 0 Å². The molecule has 0 amide bonds. The van der Waals surface area contributed by atoms with Gasteiger partial charge in [0.1, 0.15) is 0 Å². The Labute approximate surface area is 83.7 Å². The van der Waals surface area contributed by atoms with E-state index in [0.29, 0.717) is 0 Å². The van der Waals surface area contributed by atoms with E-state index in [0.717, 1.165) is 12.1 Å². The van der Waals surface area contributed by atoms with Gasteiger partial charge in [-0.2, -0.15) is 0 Å². The second-order valence-corrected chi connectivity index (χ2v) is 3.37. The first kappa shape index (κ1) is 8.88. The first-order valence-corrected chi connectivity index (χ1v) is 4.65. The summed E-state index contributed by atoms with van der Waals surface area (Å²) in [6.07, 6.45) is 6.43. The van der Waals surface area contributed by atoms with Gasteiger partial charge in [-0.15, -0.1) is 0 Å². The van der Waals surface area contributed by atoms with E-state index in [9.17, 15) is 0 Å². The molecule has 0 saturated heterocycles. The average molecular weight is 184 g/mol. The maximum atomic E-state index is 4.28. The van der Waals surface area contributed by atoms with Crippen LogP contribution in [0.25, 0.3) is 0 Å². The van der Waals surface area contributed by atoms with Crippen LogP contribution in [0.4, 0.5) is 0 Å². The van der Waals surface area contributed by atoms with Gasteiger partial charge in [0.05, 0.1) is 0 Å². The van der Waals surface area contributed by atoms with Gasteiger partial charge in [0, 0.05) is 30.7 Å². The Morgan fingerprint density at radius 1 is 1.21 bits per heavy atom. The van der Waals surface area contributed by atoms with Crippen molar-refractivity contribution in [2.24, 2.45) is 0 Å². The van der Waals surface area contributed by atoms with E-state index in [4.69, 9.17) is 0 Å². The normalized spacial score (nSPS) is 10.1. The molecule has 0 spiro atoms. The number of nitrogens with zero attached hydrogens (tertiary/aromatic N) is 2. The van der Waals surface area contributed by atoms with Crippen molar-refractivity contribution >= 4 is 0 Å². The van der Waals surface area contributed by atoms with Crippen molar-refractivity contribution in [3.63, 3.8) is 0 Å². The monoisotopic (exact) mass is 184 g/mol. The Morgan fingerprint density at radius 3 is 2.86 bits per heavy atom. The molecule has 0 saturated carbocycles. The molecule has 14 heavy (non-hydrogen) atoms. The van der Waals surface area contributed by atoms with Gasteiger partial charge in [0.2, 0.25) is 0 Å². The molecule has 0 aliphatic rings. The molecule has 0 atom stereocenters. The largest absolute Gasteiger partial charge is 0.264 e. The molecular formula is C12H12N2. The Hall–Kier alpha value is -1.70. The van der Waals surface area contributed by atoms with Gasteiger partial charge in [-0.1, -0.05) is 12.1 Å². The van der Waals surface area contributed by atoms with Crippen LogP contribution >= 0.6 is 0 Å². The highest BCUT2D eigenvalue weighted by molar-refractivity contribution is 5.22. The minimum atomic E-state index is 0.857. The Kier molecular flexibility index (Phi) is 2.54. The Bertz CT molecular complexity index is 410. The van der Waals surface area contributed by atoms with E-state index in [2.05, 4.69) is 23.0 Å². The molecule has 2 aromatic rings. The minimum absolute atomic E-state index is 0.857. The summed E-state index contributed by atoms with van der Waals surface area (Å²) in [6.45, 7) is 2.05. The zero-order valence-electron chi connectivity index (χ0n) is 8.14. The van der Waals surface area contributed by atoms with Crippen LogP contribution in [0.2, 0.25) is 0 Å². The lowest BCUT2D eigenvalue weighted by Gasteiger charge is -2.00. The van der Waals surface area contributed by atoms with Crippen molar-refractivity contribution in [1.29, 1.82) is 0 Å². The number of aryl methyl sites for hydroxylation is 1. The van der Waals surface area contributed by atoms with E-state index in [1.165, 1.54) is 11.1 Å². The van der Waals surface area contributed by atoms with Crippen LogP contribution in [0.3, 0.4) is 0 Å². The van der Waals surface area contributed by atoms with Gasteiger partial charge >= 0.3 is 0 Å². The van der Waals surface area contributed by atoms with Crippen molar-refractivity contribution in [3.05, 3.63) is 59.7 Å². The molecule has 2 nitrogen and oxygen atoms in total. The molecule has 0 aromatic carbocycles. The summed E-state index contributed by atoms with van der Waals surface area (Å²) in [6, 6.07) is 8.10. The first-order chi connectivity index (χ1) is 6.84. The van der Waals surface area contributed by atoms with Crippen LogP contribution < -0.4 is 0 Å². The standard InChI is InChI=1S/C12H12N2/c1-10-6-11(9-13-8-10)7-12-4-2-3-5-14-12/h2-6,8-9H,7H2,1H3. The maximum Gasteiger partial charge on any atom is 0.0447 e. The Morgan fingerprint density at radius 2 is 2.14 bits per heavy atom. The molecule has 2 rings (SSSR count). The molecule has 0 radical (unpaired) electrons. The summed E-state index contributed by atoms with van der Waals surface area (Å²) in [7, 11) is 0. The van der Waals surface area contributed by atoms with Gasteiger partial charge in [-0.3, -0.25) is 9.97 Å².